The fourth-order valence-electron chi connectivity index (χ4n) is 1.69. The van der Waals surface area contributed by atoms with E-state index < -0.39 is 5.97 Å². The van der Waals surface area contributed by atoms with Gasteiger partial charge in [-0.1, -0.05) is 12.1 Å². The van der Waals surface area contributed by atoms with Crippen molar-refractivity contribution in [1.82, 2.24) is 0 Å². The Kier molecular flexibility index (Phi) is 4.10. The molecule has 2 aromatic carbocycles. The summed E-state index contributed by atoms with van der Waals surface area (Å²) in [5.41, 5.74) is 6.64. The first-order valence-electron chi connectivity index (χ1n) is 5.94. The fourth-order valence-corrected chi connectivity index (χ4v) is 1.69. The van der Waals surface area contributed by atoms with E-state index >= 15 is 0 Å². The number of nitrogen functional groups attached to an aromatic ring is 1. The third-order valence-electron chi connectivity index (χ3n) is 2.72. The Balaban J connectivity index is 2.35. The fraction of sp³-hybridized carbons (Fsp3) is 0.133. The van der Waals surface area contributed by atoms with E-state index in [1.165, 1.54) is 13.2 Å². The molecule has 0 unspecified atom stereocenters. The first-order chi connectivity index (χ1) is 9.65. The van der Waals surface area contributed by atoms with Crippen molar-refractivity contribution in [3.05, 3.63) is 48.0 Å². The number of rotatable bonds is 4. The summed E-state index contributed by atoms with van der Waals surface area (Å²) in [6.07, 6.45) is 0. The molecule has 0 saturated heterocycles. The van der Waals surface area contributed by atoms with Gasteiger partial charge in [0.2, 0.25) is 0 Å². The number of carbonyl (C=O) groups excluding carboxylic acids is 1. The molecule has 0 amide bonds. The molecule has 0 spiro atoms. The molecule has 2 aromatic rings. The van der Waals surface area contributed by atoms with E-state index in [1.54, 1.807) is 31.4 Å². The minimum Gasteiger partial charge on any atom is -0.493 e. The zero-order valence-corrected chi connectivity index (χ0v) is 11.3. The van der Waals surface area contributed by atoms with E-state index in [2.05, 4.69) is 4.74 Å². The third-order valence-corrected chi connectivity index (χ3v) is 2.72. The maximum atomic E-state index is 11.5. The second-order valence-electron chi connectivity index (χ2n) is 4.00. The highest BCUT2D eigenvalue weighted by molar-refractivity contribution is 5.90. The Morgan fingerprint density at radius 3 is 2.35 bits per heavy atom. The number of esters is 1. The summed E-state index contributed by atoms with van der Waals surface area (Å²) in [6.45, 7) is 0. The maximum Gasteiger partial charge on any atom is 0.337 e. The van der Waals surface area contributed by atoms with E-state index in [0.29, 0.717) is 28.5 Å². The maximum absolute atomic E-state index is 11.5. The quantitative estimate of drug-likeness (QED) is 0.685. The largest absolute Gasteiger partial charge is 0.493 e. The van der Waals surface area contributed by atoms with Crippen LogP contribution in [0, 0.1) is 0 Å². The van der Waals surface area contributed by atoms with Crippen molar-refractivity contribution in [2.45, 2.75) is 0 Å². The van der Waals surface area contributed by atoms with Gasteiger partial charge in [0.25, 0.3) is 0 Å². The Morgan fingerprint density at radius 1 is 1.00 bits per heavy atom. The zero-order chi connectivity index (χ0) is 14.5. The van der Waals surface area contributed by atoms with E-state index in [-0.39, 0.29) is 0 Å². The number of benzene rings is 2. The van der Waals surface area contributed by atoms with Crippen LogP contribution in [0.4, 0.5) is 5.69 Å². The molecule has 0 aromatic heterocycles. The van der Waals surface area contributed by atoms with Gasteiger partial charge in [-0.05, 0) is 30.3 Å². The minimum absolute atomic E-state index is 0.367. The van der Waals surface area contributed by atoms with E-state index in [0.717, 1.165) is 0 Å². The molecule has 0 atom stereocenters. The lowest BCUT2D eigenvalue weighted by atomic mass is 10.2. The average Bonchev–Trinajstić information content (AvgIpc) is 2.49. The van der Waals surface area contributed by atoms with Crippen molar-refractivity contribution < 1.29 is 19.0 Å². The summed E-state index contributed by atoms with van der Waals surface area (Å²) in [5, 5.41) is 0. The third kappa shape index (κ3) is 2.83. The van der Waals surface area contributed by atoms with Crippen LogP contribution in [0.2, 0.25) is 0 Å². The minimum atomic E-state index is -0.449. The number of methoxy groups -OCH3 is 2. The molecule has 2 rings (SSSR count). The normalized spacial score (nSPS) is 9.90. The summed E-state index contributed by atoms with van der Waals surface area (Å²) < 4.78 is 15.6. The van der Waals surface area contributed by atoms with E-state index in [1.807, 2.05) is 12.1 Å². The molecule has 0 radical (unpaired) electrons. The van der Waals surface area contributed by atoms with Gasteiger partial charge in [-0.25, -0.2) is 4.79 Å². The van der Waals surface area contributed by atoms with Gasteiger partial charge in [-0.3, -0.25) is 0 Å². The van der Waals surface area contributed by atoms with Crippen molar-refractivity contribution in [1.29, 1.82) is 0 Å². The number of nitrogens with two attached hydrogens (primary N) is 1. The van der Waals surface area contributed by atoms with Crippen LogP contribution >= 0.6 is 0 Å². The van der Waals surface area contributed by atoms with Crippen LogP contribution in [-0.4, -0.2) is 20.2 Å². The van der Waals surface area contributed by atoms with Crippen molar-refractivity contribution >= 4 is 11.7 Å². The molecule has 5 nitrogen and oxygen atoms in total. The lowest BCUT2D eigenvalue weighted by molar-refractivity contribution is 0.0600. The average molecular weight is 273 g/mol. The Morgan fingerprint density at radius 2 is 1.70 bits per heavy atom. The molecule has 5 heteroatoms. The van der Waals surface area contributed by atoms with Crippen LogP contribution < -0.4 is 15.2 Å². The summed E-state index contributed by atoms with van der Waals surface area (Å²) >= 11 is 0. The second-order valence-corrected chi connectivity index (χ2v) is 4.00. The Bertz CT molecular complexity index is 625. The van der Waals surface area contributed by atoms with Crippen LogP contribution in [0.3, 0.4) is 0 Å². The molecular formula is C15H15NO4. The van der Waals surface area contributed by atoms with Crippen LogP contribution in [-0.2, 0) is 4.74 Å². The van der Waals surface area contributed by atoms with Crippen molar-refractivity contribution in [2.75, 3.05) is 20.0 Å². The van der Waals surface area contributed by atoms with Gasteiger partial charge >= 0.3 is 5.97 Å². The number of ether oxygens (including phenoxy) is 3. The highest BCUT2D eigenvalue weighted by Gasteiger charge is 2.11. The van der Waals surface area contributed by atoms with Gasteiger partial charge in [0.1, 0.15) is 0 Å². The highest BCUT2D eigenvalue weighted by Crippen LogP contribution is 2.34. The summed E-state index contributed by atoms with van der Waals surface area (Å²) in [6, 6.07) is 11.9. The predicted octanol–water partition coefficient (Wildman–Crippen LogP) is 2.86. The predicted molar refractivity (Wildman–Crippen MR) is 75.3 cm³/mol. The van der Waals surface area contributed by atoms with Gasteiger partial charge in [-0.15, -0.1) is 0 Å². The smallest absolute Gasteiger partial charge is 0.337 e. The molecule has 20 heavy (non-hydrogen) atoms. The monoisotopic (exact) mass is 273 g/mol. The second kappa shape index (κ2) is 5.97. The van der Waals surface area contributed by atoms with Crippen LogP contribution in [0.1, 0.15) is 10.4 Å². The van der Waals surface area contributed by atoms with E-state index in [9.17, 15) is 4.79 Å². The summed E-state index contributed by atoms with van der Waals surface area (Å²) in [4.78, 5) is 11.5. The number of carbonyl (C=O) groups is 1. The van der Waals surface area contributed by atoms with Gasteiger partial charge in [0, 0.05) is 0 Å². The number of hydrogen-bond acceptors (Lipinski definition) is 5. The van der Waals surface area contributed by atoms with Gasteiger partial charge < -0.3 is 19.9 Å². The topological polar surface area (TPSA) is 70.8 Å². The van der Waals surface area contributed by atoms with E-state index in [4.69, 9.17) is 15.2 Å². The Hall–Kier alpha value is -2.69. The van der Waals surface area contributed by atoms with Gasteiger partial charge in [0.05, 0.1) is 25.5 Å². The zero-order valence-electron chi connectivity index (χ0n) is 11.3. The molecule has 0 aliphatic heterocycles. The number of anilines is 1. The molecule has 0 aliphatic rings. The van der Waals surface area contributed by atoms with Gasteiger partial charge in [-0.2, -0.15) is 0 Å². The Labute approximate surface area is 116 Å². The van der Waals surface area contributed by atoms with Gasteiger partial charge in [0.15, 0.2) is 17.2 Å². The molecule has 0 bridgehead atoms. The molecule has 0 fully saturated rings. The van der Waals surface area contributed by atoms with Crippen LogP contribution in [0.15, 0.2) is 42.5 Å². The number of para-hydroxylation sites is 2. The molecule has 0 aliphatic carbocycles. The molecule has 0 heterocycles. The standard InChI is InChI=1S/C15H15NO4/c1-18-12-5-3-4-6-13(12)20-14-9-10(15(17)19-2)7-8-11(14)16/h3-9H,16H2,1-2H3. The van der Waals surface area contributed by atoms with Crippen LogP contribution in [0.25, 0.3) is 0 Å². The molecule has 0 saturated carbocycles. The van der Waals surface area contributed by atoms with Crippen molar-refractivity contribution in [3.8, 4) is 17.2 Å². The van der Waals surface area contributed by atoms with Crippen molar-refractivity contribution in [3.63, 3.8) is 0 Å². The summed E-state index contributed by atoms with van der Waals surface area (Å²) in [5.74, 6) is 1.02. The lowest BCUT2D eigenvalue weighted by Crippen LogP contribution is -2.02. The molecule has 2 N–H and O–H groups in total. The van der Waals surface area contributed by atoms with Crippen molar-refractivity contribution in [2.24, 2.45) is 0 Å². The molecular weight excluding hydrogens is 258 g/mol. The first kappa shape index (κ1) is 13.7. The summed E-state index contributed by atoms with van der Waals surface area (Å²) in [7, 11) is 2.87. The highest BCUT2D eigenvalue weighted by atomic mass is 16.5. The lowest BCUT2D eigenvalue weighted by Gasteiger charge is -2.12. The van der Waals surface area contributed by atoms with Crippen LogP contribution in [0.5, 0.6) is 17.2 Å². The number of hydrogen-bond donors (Lipinski definition) is 1. The first-order valence-corrected chi connectivity index (χ1v) is 5.94. The SMILES string of the molecule is COC(=O)c1ccc(N)c(Oc2ccccc2OC)c1. The molecule has 104 valence electrons.